The summed E-state index contributed by atoms with van der Waals surface area (Å²) >= 11 is 3.13. The van der Waals surface area contributed by atoms with Gasteiger partial charge < -0.3 is 4.74 Å². The van der Waals surface area contributed by atoms with E-state index in [9.17, 15) is 8.78 Å². The molecule has 2 aromatic carbocycles. The van der Waals surface area contributed by atoms with E-state index in [0.717, 1.165) is 0 Å². The zero-order valence-corrected chi connectivity index (χ0v) is 11.2. The van der Waals surface area contributed by atoms with Crippen molar-refractivity contribution in [2.24, 2.45) is 0 Å². The van der Waals surface area contributed by atoms with Crippen molar-refractivity contribution >= 4 is 15.9 Å². The molecule has 0 amide bonds. The molecule has 0 unspecified atom stereocenters. The van der Waals surface area contributed by atoms with Gasteiger partial charge in [0.25, 0.3) is 0 Å². The molecule has 0 aliphatic rings. The molecule has 19 heavy (non-hydrogen) atoms. The molecule has 0 atom stereocenters. The Balaban J connectivity index is 2.17. The molecule has 0 aliphatic carbocycles. The van der Waals surface area contributed by atoms with Crippen molar-refractivity contribution in [3.05, 3.63) is 63.6 Å². The topological polar surface area (TPSA) is 33.0 Å². The summed E-state index contributed by atoms with van der Waals surface area (Å²) in [7, 11) is 0. The fraction of sp³-hybridized carbons (Fsp3) is 0.0714. The molecule has 0 bridgehead atoms. The standard InChI is InChI=1S/C14H8BrF2NO/c15-11-4-5-13(12(16)6-11)19-8-10-3-1-2-9(7-18)14(10)17/h1-6H,8H2. The predicted octanol–water partition coefficient (Wildman–Crippen LogP) is 4.18. The first-order chi connectivity index (χ1) is 9.11. The summed E-state index contributed by atoms with van der Waals surface area (Å²) < 4.78 is 33.0. The van der Waals surface area contributed by atoms with Crippen molar-refractivity contribution in [1.29, 1.82) is 5.26 Å². The molecule has 2 rings (SSSR count). The summed E-state index contributed by atoms with van der Waals surface area (Å²) in [5.41, 5.74) is 0.152. The Kier molecular flexibility index (Phi) is 4.13. The molecule has 2 aromatic rings. The highest BCUT2D eigenvalue weighted by Crippen LogP contribution is 2.23. The van der Waals surface area contributed by atoms with Gasteiger partial charge in [-0.2, -0.15) is 5.26 Å². The molecule has 96 valence electrons. The first-order valence-electron chi connectivity index (χ1n) is 5.37. The minimum atomic E-state index is -0.637. The molecule has 0 spiro atoms. The lowest BCUT2D eigenvalue weighted by Gasteiger charge is -2.08. The van der Waals surface area contributed by atoms with Crippen LogP contribution in [0.4, 0.5) is 8.78 Å². The highest BCUT2D eigenvalue weighted by atomic mass is 79.9. The average molecular weight is 324 g/mol. The van der Waals surface area contributed by atoms with Crippen LogP contribution in [0.2, 0.25) is 0 Å². The van der Waals surface area contributed by atoms with Gasteiger partial charge in [0.2, 0.25) is 0 Å². The third kappa shape index (κ3) is 3.09. The van der Waals surface area contributed by atoms with Gasteiger partial charge in [-0.3, -0.25) is 0 Å². The van der Waals surface area contributed by atoms with Crippen LogP contribution in [0.1, 0.15) is 11.1 Å². The quantitative estimate of drug-likeness (QED) is 0.849. The number of halogens is 3. The van der Waals surface area contributed by atoms with Gasteiger partial charge in [-0.1, -0.05) is 28.1 Å². The zero-order chi connectivity index (χ0) is 13.8. The van der Waals surface area contributed by atoms with Crippen molar-refractivity contribution in [1.82, 2.24) is 0 Å². The number of ether oxygens (including phenoxy) is 1. The monoisotopic (exact) mass is 323 g/mol. The van der Waals surface area contributed by atoms with Gasteiger partial charge in [0.15, 0.2) is 11.6 Å². The van der Waals surface area contributed by atoms with Gasteiger partial charge in [-0.25, -0.2) is 8.78 Å². The minimum absolute atomic E-state index is 0.0324. The first kappa shape index (κ1) is 13.5. The number of hydrogen-bond acceptors (Lipinski definition) is 2. The SMILES string of the molecule is N#Cc1cccc(COc2ccc(Br)cc2F)c1F. The van der Waals surface area contributed by atoms with E-state index in [1.807, 2.05) is 0 Å². The average Bonchev–Trinajstić information content (AvgIpc) is 2.39. The van der Waals surface area contributed by atoms with Gasteiger partial charge in [-0.15, -0.1) is 0 Å². The maximum absolute atomic E-state index is 13.7. The van der Waals surface area contributed by atoms with Crippen LogP contribution in [0, 0.1) is 23.0 Å². The third-order valence-corrected chi connectivity index (χ3v) is 2.97. The van der Waals surface area contributed by atoms with E-state index >= 15 is 0 Å². The highest BCUT2D eigenvalue weighted by molar-refractivity contribution is 9.10. The highest BCUT2D eigenvalue weighted by Gasteiger charge is 2.09. The molecule has 0 saturated carbocycles. The van der Waals surface area contributed by atoms with Crippen LogP contribution in [0.15, 0.2) is 40.9 Å². The normalized spacial score (nSPS) is 10.0. The lowest BCUT2D eigenvalue weighted by atomic mass is 10.1. The van der Waals surface area contributed by atoms with Crippen LogP contribution in [-0.2, 0) is 6.61 Å². The maximum atomic E-state index is 13.7. The van der Waals surface area contributed by atoms with Crippen LogP contribution in [-0.4, -0.2) is 0 Å². The predicted molar refractivity (Wildman–Crippen MR) is 69.5 cm³/mol. The Bertz CT molecular complexity index is 652. The summed E-state index contributed by atoms with van der Waals surface area (Å²) in [6.45, 7) is -0.139. The molecule has 0 aromatic heterocycles. The first-order valence-corrected chi connectivity index (χ1v) is 6.16. The summed E-state index contributed by atoms with van der Waals surface area (Å²) in [4.78, 5) is 0. The second-order valence-electron chi connectivity index (χ2n) is 3.75. The molecule has 0 heterocycles. The summed E-state index contributed by atoms with van der Waals surface area (Å²) in [6.07, 6.45) is 0. The Morgan fingerprint density at radius 2 is 2.00 bits per heavy atom. The molecule has 0 N–H and O–H groups in total. The van der Waals surface area contributed by atoms with Gasteiger partial charge in [-0.05, 0) is 24.3 Å². The van der Waals surface area contributed by atoms with E-state index in [1.54, 1.807) is 18.2 Å². The molecule has 0 saturated heterocycles. The Labute approximate surface area is 117 Å². The van der Waals surface area contributed by atoms with Crippen LogP contribution < -0.4 is 4.74 Å². The van der Waals surface area contributed by atoms with E-state index in [0.29, 0.717) is 4.47 Å². The molecule has 0 radical (unpaired) electrons. The lowest BCUT2D eigenvalue weighted by Crippen LogP contribution is -2.01. The molecular formula is C14H8BrF2NO. The fourth-order valence-corrected chi connectivity index (χ4v) is 1.86. The van der Waals surface area contributed by atoms with E-state index in [2.05, 4.69) is 15.9 Å². The van der Waals surface area contributed by atoms with E-state index in [-0.39, 0.29) is 23.5 Å². The van der Waals surface area contributed by atoms with Crippen molar-refractivity contribution in [2.75, 3.05) is 0 Å². The molecule has 0 aliphatic heterocycles. The van der Waals surface area contributed by atoms with E-state index in [1.165, 1.54) is 24.3 Å². The Hall–Kier alpha value is -1.93. The van der Waals surface area contributed by atoms with Crippen LogP contribution in [0.25, 0.3) is 0 Å². The molecule has 0 fully saturated rings. The molecule has 2 nitrogen and oxygen atoms in total. The van der Waals surface area contributed by atoms with E-state index < -0.39 is 11.6 Å². The maximum Gasteiger partial charge on any atom is 0.166 e. The van der Waals surface area contributed by atoms with Gasteiger partial charge >= 0.3 is 0 Å². The van der Waals surface area contributed by atoms with Gasteiger partial charge in [0, 0.05) is 10.0 Å². The van der Waals surface area contributed by atoms with Crippen molar-refractivity contribution < 1.29 is 13.5 Å². The molecule has 5 heteroatoms. The Morgan fingerprint density at radius 1 is 1.21 bits per heavy atom. The lowest BCUT2D eigenvalue weighted by molar-refractivity contribution is 0.284. The number of nitrogens with zero attached hydrogens (tertiary/aromatic N) is 1. The smallest absolute Gasteiger partial charge is 0.166 e. The van der Waals surface area contributed by atoms with Gasteiger partial charge in [0.1, 0.15) is 18.5 Å². The minimum Gasteiger partial charge on any atom is -0.486 e. The zero-order valence-electron chi connectivity index (χ0n) is 9.66. The van der Waals surface area contributed by atoms with Crippen molar-refractivity contribution in [2.45, 2.75) is 6.61 Å². The largest absolute Gasteiger partial charge is 0.486 e. The third-order valence-electron chi connectivity index (χ3n) is 2.48. The van der Waals surface area contributed by atoms with Crippen molar-refractivity contribution in [3.8, 4) is 11.8 Å². The van der Waals surface area contributed by atoms with E-state index in [4.69, 9.17) is 10.00 Å². The van der Waals surface area contributed by atoms with Crippen LogP contribution in [0.5, 0.6) is 5.75 Å². The fourth-order valence-electron chi connectivity index (χ4n) is 1.53. The number of benzene rings is 2. The van der Waals surface area contributed by atoms with Crippen LogP contribution in [0.3, 0.4) is 0 Å². The number of nitriles is 1. The molecular weight excluding hydrogens is 316 g/mol. The summed E-state index contributed by atoms with van der Waals surface area (Å²) in [5, 5.41) is 8.71. The second kappa shape index (κ2) is 5.81. The second-order valence-corrected chi connectivity index (χ2v) is 4.67. The number of rotatable bonds is 3. The van der Waals surface area contributed by atoms with Gasteiger partial charge in [0.05, 0.1) is 5.56 Å². The van der Waals surface area contributed by atoms with Crippen LogP contribution >= 0.6 is 15.9 Å². The Morgan fingerprint density at radius 3 is 2.68 bits per heavy atom. The van der Waals surface area contributed by atoms with Crippen molar-refractivity contribution in [3.63, 3.8) is 0 Å². The summed E-state index contributed by atoms with van der Waals surface area (Å²) in [6, 6.07) is 10.5. The number of hydrogen-bond donors (Lipinski definition) is 0. The summed E-state index contributed by atoms with van der Waals surface area (Å²) in [5.74, 6) is -1.14.